The first-order valence-electron chi connectivity index (χ1n) is 7.87. The van der Waals surface area contributed by atoms with Crippen LogP contribution in [0.1, 0.15) is 36.7 Å². The molecule has 140 valence electrons. The molecule has 0 aromatic heterocycles. The number of hydrogen-bond donors (Lipinski definition) is 3. The summed E-state index contributed by atoms with van der Waals surface area (Å²) in [5, 5.41) is 5.81. The van der Waals surface area contributed by atoms with E-state index in [1.165, 1.54) is 12.7 Å². The molecule has 0 unspecified atom stereocenters. The van der Waals surface area contributed by atoms with Gasteiger partial charge < -0.3 is 28.2 Å². The number of ether oxygens (including phenoxy) is 1. The largest absolute Gasteiger partial charge is 1.00 e. The number of amides is 1. The minimum Gasteiger partial charge on any atom is -1.00 e. The van der Waals surface area contributed by atoms with Gasteiger partial charge in [-0.15, -0.1) is 0 Å². The Labute approximate surface area is 165 Å². The van der Waals surface area contributed by atoms with Crippen LogP contribution >= 0.6 is 12.2 Å². The lowest BCUT2D eigenvalue weighted by molar-refractivity contribution is -0.0000141. The molecule has 0 bridgehead atoms. The summed E-state index contributed by atoms with van der Waals surface area (Å²) in [5.74, 6) is 0.275. The molecule has 2 rings (SSSR count). The van der Waals surface area contributed by atoms with Gasteiger partial charge in [-0.25, -0.2) is 0 Å². The van der Waals surface area contributed by atoms with Crippen LogP contribution in [0, 0.1) is 0 Å². The maximum absolute atomic E-state index is 12.3. The Bertz CT molecular complexity index is 786. The average molecular weight is 393 g/mol. The molecule has 2 aromatic rings. The smallest absolute Gasteiger partial charge is 0.257 e. The molecule has 4 N–H and O–H groups in total. The van der Waals surface area contributed by atoms with E-state index in [1.807, 2.05) is 12.1 Å². The Morgan fingerprint density at radius 3 is 2.27 bits per heavy atom. The minimum absolute atomic E-state index is 0. The van der Waals surface area contributed by atoms with E-state index in [1.54, 1.807) is 30.3 Å². The van der Waals surface area contributed by atoms with Crippen LogP contribution in [-0.2, 0) is 5.41 Å². The zero-order valence-electron chi connectivity index (χ0n) is 15.2. The molecule has 0 aliphatic carbocycles. The summed E-state index contributed by atoms with van der Waals surface area (Å²) in [7, 11) is 1.54. The van der Waals surface area contributed by atoms with E-state index in [2.05, 4.69) is 31.4 Å². The van der Waals surface area contributed by atoms with Gasteiger partial charge in [0.15, 0.2) is 5.11 Å². The van der Waals surface area contributed by atoms with Gasteiger partial charge in [-0.2, -0.15) is 0 Å². The number of benzene rings is 2. The van der Waals surface area contributed by atoms with Crippen molar-refractivity contribution in [1.29, 1.82) is 0 Å². The predicted molar refractivity (Wildman–Crippen MR) is 106 cm³/mol. The van der Waals surface area contributed by atoms with Crippen molar-refractivity contribution in [2.24, 2.45) is 0 Å². The summed E-state index contributed by atoms with van der Waals surface area (Å²) in [6, 6.07) is 12.7. The Morgan fingerprint density at radius 2 is 1.73 bits per heavy atom. The van der Waals surface area contributed by atoms with Crippen LogP contribution in [0.5, 0.6) is 5.75 Å². The Balaban J connectivity index is 0.00000338. The van der Waals surface area contributed by atoms with Crippen molar-refractivity contribution in [3.63, 3.8) is 0 Å². The Kier molecular flexibility index (Phi) is 7.41. The van der Waals surface area contributed by atoms with Crippen molar-refractivity contribution >= 4 is 34.6 Å². The fraction of sp³-hybridized carbons (Fsp3) is 0.263. The Morgan fingerprint density at radius 1 is 1.12 bits per heavy atom. The summed E-state index contributed by atoms with van der Waals surface area (Å²) in [4.78, 5) is 12.3. The summed E-state index contributed by atoms with van der Waals surface area (Å²) in [5.41, 5.74) is 8.74. The number of carbonyl (C=O) groups is 1. The van der Waals surface area contributed by atoms with Crippen molar-refractivity contribution in [2.75, 3.05) is 18.2 Å². The standard InChI is InChI=1S/C19H23N3O2S.ClH/c1-19(2,3)13-7-5-12(6-8-13)17(23)22-18(25)21-14-9-10-15(20)16(11-14)24-4;/h5-11H,20H2,1-4H3,(H2,21,22,23,25);1H/p-1. The van der Waals surface area contributed by atoms with E-state index in [0.717, 1.165) is 0 Å². The zero-order valence-corrected chi connectivity index (χ0v) is 16.8. The van der Waals surface area contributed by atoms with Crippen molar-refractivity contribution in [1.82, 2.24) is 5.32 Å². The molecule has 0 radical (unpaired) electrons. The average Bonchev–Trinajstić information content (AvgIpc) is 2.55. The predicted octanol–water partition coefficient (Wildman–Crippen LogP) is 0.706. The molecule has 0 aliphatic rings. The highest BCUT2D eigenvalue weighted by atomic mass is 35.5. The summed E-state index contributed by atoms with van der Waals surface area (Å²) < 4.78 is 5.16. The van der Waals surface area contributed by atoms with Crippen LogP contribution in [0.4, 0.5) is 11.4 Å². The first-order valence-corrected chi connectivity index (χ1v) is 8.28. The van der Waals surface area contributed by atoms with E-state index in [0.29, 0.717) is 22.7 Å². The maximum Gasteiger partial charge on any atom is 0.257 e. The van der Waals surface area contributed by atoms with E-state index in [4.69, 9.17) is 22.7 Å². The third kappa shape index (κ3) is 5.61. The molecule has 5 nitrogen and oxygen atoms in total. The van der Waals surface area contributed by atoms with E-state index >= 15 is 0 Å². The first kappa shape index (κ1) is 21.7. The van der Waals surface area contributed by atoms with Crippen LogP contribution in [0.25, 0.3) is 0 Å². The van der Waals surface area contributed by atoms with Gasteiger partial charge in [0.2, 0.25) is 0 Å². The topological polar surface area (TPSA) is 76.4 Å². The molecule has 0 atom stereocenters. The third-order valence-electron chi connectivity index (χ3n) is 3.73. The quantitative estimate of drug-likeness (QED) is 0.529. The molecular formula is C19H23ClN3O2S-. The van der Waals surface area contributed by atoms with Crippen LogP contribution in [0.15, 0.2) is 42.5 Å². The molecule has 7 heteroatoms. The molecule has 1 amide bonds. The van der Waals surface area contributed by atoms with Gasteiger partial charge in [0.1, 0.15) is 5.75 Å². The molecule has 0 saturated heterocycles. The van der Waals surface area contributed by atoms with Gasteiger partial charge in [-0.1, -0.05) is 32.9 Å². The number of thiocarbonyl (C=S) groups is 1. The fourth-order valence-electron chi connectivity index (χ4n) is 2.25. The second-order valence-corrected chi connectivity index (χ2v) is 7.10. The highest BCUT2D eigenvalue weighted by Crippen LogP contribution is 2.25. The summed E-state index contributed by atoms with van der Waals surface area (Å²) in [6.07, 6.45) is 0. The monoisotopic (exact) mass is 392 g/mol. The van der Waals surface area contributed by atoms with Gasteiger partial charge in [-0.3, -0.25) is 10.1 Å². The van der Waals surface area contributed by atoms with Gasteiger partial charge in [-0.05, 0) is 47.5 Å². The number of hydrogen-bond acceptors (Lipinski definition) is 4. The number of nitrogen functional groups attached to an aromatic ring is 1. The lowest BCUT2D eigenvalue weighted by atomic mass is 9.87. The van der Waals surface area contributed by atoms with E-state index in [9.17, 15) is 4.79 Å². The van der Waals surface area contributed by atoms with Gasteiger partial charge >= 0.3 is 0 Å². The lowest BCUT2D eigenvalue weighted by Crippen LogP contribution is -3.00. The van der Waals surface area contributed by atoms with E-state index < -0.39 is 0 Å². The second-order valence-electron chi connectivity index (χ2n) is 6.69. The van der Waals surface area contributed by atoms with Crippen molar-refractivity contribution < 1.29 is 21.9 Å². The van der Waals surface area contributed by atoms with Crippen molar-refractivity contribution in [3.8, 4) is 5.75 Å². The highest BCUT2D eigenvalue weighted by Gasteiger charge is 2.15. The number of nitrogens with one attached hydrogen (secondary N) is 2. The molecule has 26 heavy (non-hydrogen) atoms. The number of nitrogens with two attached hydrogens (primary N) is 1. The SMILES string of the molecule is COc1cc(NC(=S)NC(=O)c2ccc(C(C)(C)C)cc2)ccc1N.[Cl-]. The number of anilines is 2. The normalized spacial score (nSPS) is 10.5. The molecule has 0 spiro atoms. The summed E-state index contributed by atoms with van der Waals surface area (Å²) in [6.45, 7) is 6.38. The molecule has 2 aromatic carbocycles. The van der Waals surface area contributed by atoms with Gasteiger partial charge in [0.25, 0.3) is 5.91 Å². The maximum atomic E-state index is 12.3. The minimum atomic E-state index is -0.264. The number of methoxy groups -OCH3 is 1. The molecular weight excluding hydrogens is 370 g/mol. The summed E-state index contributed by atoms with van der Waals surface area (Å²) >= 11 is 5.19. The third-order valence-corrected chi connectivity index (χ3v) is 3.94. The number of rotatable bonds is 3. The van der Waals surface area contributed by atoms with Crippen LogP contribution < -0.4 is 33.5 Å². The molecule has 0 fully saturated rings. The van der Waals surface area contributed by atoms with Crippen LogP contribution in [0.2, 0.25) is 0 Å². The second kappa shape index (κ2) is 8.87. The van der Waals surface area contributed by atoms with Crippen molar-refractivity contribution in [2.45, 2.75) is 26.2 Å². The molecule has 0 heterocycles. The van der Waals surface area contributed by atoms with Gasteiger partial charge in [0, 0.05) is 17.3 Å². The molecule has 0 aliphatic heterocycles. The lowest BCUT2D eigenvalue weighted by Gasteiger charge is -2.19. The van der Waals surface area contributed by atoms with Crippen LogP contribution in [-0.4, -0.2) is 18.1 Å². The fourth-order valence-corrected chi connectivity index (χ4v) is 2.46. The van der Waals surface area contributed by atoms with Crippen LogP contribution in [0.3, 0.4) is 0 Å². The Hall–Kier alpha value is -2.31. The number of carbonyl (C=O) groups excluding carboxylic acids is 1. The van der Waals surface area contributed by atoms with E-state index in [-0.39, 0.29) is 28.8 Å². The highest BCUT2D eigenvalue weighted by molar-refractivity contribution is 7.80. The van der Waals surface area contributed by atoms with Gasteiger partial charge in [0.05, 0.1) is 12.8 Å². The first-order chi connectivity index (χ1) is 11.7. The molecule has 0 saturated carbocycles. The van der Waals surface area contributed by atoms with Crippen molar-refractivity contribution in [3.05, 3.63) is 53.6 Å². The number of halogens is 1. The zero-order chi connectivity index (χ0) is 18.6.